The minimum atomic E-state index is -0.292. The molecule has 0 aliphatic rings. The van der Waals surface area contributed by atoms with E-state index in [0.717, 1.165) is 11.6 Å². The predicted octanol–water partition coefficient (Wildman–Crippen LogP) is 1.74. The van der Waals surface area contributed by atoms with Crippen molar-refractivity contribution >= 4 is 11.3 Å². The van der Waals surface area contributed by atoms with Gasteiger partial charge in [-0.2, -0.15) is 0 Å². The Morgan fingerprint density at radius 2 is 2.21 bits per heavy atom. The molecule has 1 atom stereocenters. The summed E-state index contributed by atoms with van der Waals surface area (Å²) >= 11 is 1.74. The van der Waals surface area contributed by atoms with E-state index in [4.69, 9.17) is 5.11 Å². The van der Waals surface area contributed by atoms with Crippen LogP contribution in [0.4, 0.5) is 0 Å². The molecule has 0 spiro atoms. The maximum Gasteiger partial charge on any atom is 0.107 e. The molecule has 1 rings (SSSR count). The number of aliphatic hydroxyl groups is 1. The molecule has 3 nitrogen and oxygen atoms in total. The molecule has 0 radical (unpaired) electrons. The van der Waals surface area contributed by atoms with E-state index >= 15 is 0 Å². The molecule has 0 saturated heterocycles. The van der Waals surface area contributed by atoms with Crippen molar-refractivity contribution in [3.05, 3.63) is 16.1 Å². The number of nitrogens with one attached hydrogen (secondary N) is 1. The van der Waals surface area contributed by atoms with E-state index in [1.807, 2.05) is 6.20 Å². The van der Waals surface area contributed by atoms with Crippen molar-refractivity contribution in [2.24, 2.45) is 0 Å². The van der Waals surface area contributed by atoms with E-state index in [2.05, 4.69) is 24.1 Å². The third-order valence-electron chi connectivity index (χ3n) is 1.86. The number of nitrogens with zero attached hydrogens (tertiary/aromatic N) is 1. The normalized spacial score (nSPS) is 13.5. The quantitative estimate of drug-likeness (QED) is 0.784. The Kier molecular flexibility index (Phi) is 4.51. The fraction of sp³-hybridized carbons (Fsp3) is 0.700. The van der Waals surface area contributed by atoms with Crippen LogP contribution in [0.2, 0.25) is 0 Å². The molecule has 80 valence electrons. The molecule has 0 fully saturated rings. The van der Waals surface area contributed by atoms with Gasteiger partial charge in [0.2, 0.25) is 0 Å². The first-order valence-corrected chi connectivity index (χ1v) is 5.74. The zero-order valence-corrected chi connectivity index (χ0v) is 9.77. The standard InChI is InChI=1S/C10H18N2OS/c1-7(2)9-5-12-10(14-9)6-11-4-8(3)13/h5,7-8,11,13H,4,6H2,1-3H3. The van der Waals surface area contributed by atoms with Crippen LogP contribution in [0.1, 0.15) is 36.6 Å². The lowest BCUT2D eigenvalue weighted by Crippen LogP contribution is -2.23. The number of aromatic nitrogens is 1. The highest BCUT2D eigenvalue weighted by atomic mass is 32.1. The minimum absolute atomic E-state index is 0.292. The molecule has 0 amide bonds. The van der Waals surface area contributed by atoms with E-state index in [0.29, 0.717) is 12.5 Å². The largest absolute Gasteiger partial charge is 0.392 e. The number of rotatable bonds is 5. The molecule has 1 unspecified atom stereocenters. The van der Waals surface area contributed by atoms with Crippen LogP contribution >= 0.6 is 11.3 Å². The molecular formula is C10H18N2OS. The lowest BCUT2D eigenvalue weighted by Gasteiger charge is -2.04. The molecule has 0 aliphatic carbocycles. The van der Waals surface area contributed by atoms with Gasteiger partial charge in [-0.1, -0.05) is 13.8 Å². The molecule has 2 N–H and O–H groups in total. The fourth-order valence-electron chi connectivity index (χ4n) is 1.06. The summed E-state index contributed by atoms with van der Waals surface area (Å²) in [6, 6.07) is 0. The zero-order chi connectivity index (χ0) is 10.6. The van der Waals surface area contributed by atoms with Gasteiger partial charge >= 0.3 is 0 Å². The van der Waals surface area contributed by atoms with Gasteiger partial charge in [-0.25, -0.2) is 4.98 Å². The first kappa shape index (κ1) is 11.6. The van der Waals surface area contributed by atoms with Gasteiger partial charge in [0, 0.05) is 24.2 Å². The van der Waals surface area contributed by atoms with Gasteiger partial charge in [-0.3, -0.25) is 0 Å². The van der Waals surface area contributed by atoms with Crippen molar-refractivity contribution in [3.63, 3.8) is 0 Å². The third kappa shape index (κ3) is 3.74. The highest BCUT2D eigenvalue weighted by Crippen LogP contribution is 2.21. The second kappa shape index (κ2) is 5.44. The minimum Gasteiger partial charge on any atom is -0.392 e. The highest BCUT2D eigenvalue weighted by molar-refractivity contribution is 7.11. The maximum atomic E-state index is 9.04. The summed E-state index contributed by atoms with van der Waals surface area (Å²) in [5, 5.41) is 13.3. The van der Waals surface area contributed by atoms with E-state index < -0.39 is 0 Å². The number of aliphatic hydroxyl groups excluding tert-OH is 1. The fourth-order valence-corrected chi connectivity index (χ4v) is 1.95. The topological polar surface area (TPSA) is 45.1 Å². The third-order valence-corrected chi connectivity index (χ3v) is 3.15. The zero-order valence-electron chi connectivity index (χ0n) is 8.95. The monoisotopic (exact) mass is 214 g/mol. The summed E-state index contributed by atoms with van der Waals surface area (Å²) < 4.78 is 0. The van der Waals surface area contributed by atoms with Crippen molar-refractivity contribution < 1.29 is 5.11 Å². The Labute approximate surface area is 89.2 Å². The van der Waals surface area contributed by atoms with Crippen LogP contribution in [0.15, 0.2) is 6.20 Å². The molecule has 0 bridgehead atoms. The van der Waals surface area contributed by atoms with Crippen LogP contribution in [-0.4, -0.2) is 22.7 Å². The lowest BCUT2D eigenvalue weighted by atomic mass is 10.2. The van der Waals surface area contributed by atoms with Gasteiger partial charge in [0.1, 0.15) is 5.01 Å². The molecule has 0 aliphatic heterocycles. The summed E-state index contributed by atoms with van der Waals surface area (Å²) in [7, 11) is 0. The summed E-state index contributed by atoms with van der Waals surface area (Å²) in [6.07, 6.45) is 1.65. The van der Waals surface area contributed by atoms with Crippen molar-refractivity contribution in [1.82, 2.24) is 10.3 Å². The van der Waals surface area contributed by atoms with Gasteiger partial charge in [-0.05, 0) is 12.8 Å². The van der Waals surface area contributed by atoms with Crippen LogP contribution < -0.4 is 5.32 Å². The van der Waals surface area contributed by atoms with Gasteiger partial charge in [0.05, 0.1) is 6.10 Å². The second-order valence-corrected chi connectivity index (χ2v) is 4.94. The van der Waals surface area contributed by atoms with Crippen molar-refractivity contribution in [2.45, 2.75) is 39.3 Å². The molecule has 0 saturated carbocycles. The molecule has 1 aromatic heterocycles. The maximum absolute atomic E-state index is 9.04. The smallest absolute Gasteiger partial charge is 0.107 e. The Morgan fingerprint density at radius 3 is 2.71 bits per heavy atom. The summed E-state index contributed by atoms with van der Waals surface area (Å²) in [5.41, 5.74) is 0. The van der Waals surface area contributed by atoms with Crippen LogP contribution in [0.3, 0.4) is 0 Å². The number of hydrogen-bond acceptors (Lipinski definition) is 4. The Hall–Kier alpha value is -0.450. The SMILES string of the molecule is CC(O)CNCc1ncc(C(C)C)s1. The lowest BCUT2D eigenvalue weighted by molar-refractivity contribution is 0.191. The average molecular weight is 214 g/mol. The predicted molar refractivity (Wildman–Crippen MR) is 59.6 cm³/mol. The highest BCUT2D eigenvalue weighted by Gasteiger charge is 2.05. The summed E-state index contributed by atoms with van der Waals surface area (Å²) in [5.74, 6) is 0.554. The molecule has 1 heterocycles. The Morgan fingerprint density at radius 1 is 1.50 bits per heavy atom. The van der Waals surface area contributed by atoms with Crippen LogP contribution in [0.25, 0.3) is 0 Å². The van der Waals surface area contributed by atoms with E-state index in [1.54, 1.807) is 18.3 Å². The van der Waals surface area contributed by atoms with Crippen LogP contribution in [0.5, 0.6) is 0 Å². The summed E-state index contributed by atoms with van der Waals surface area (Å²) in [4.78, 5) is 5.63. The first-order valence-electron chi connectivity index (χ1n) is 4.93. The Balaban J connectivity index is 2.36. The van der Waals surface area contributed by atoms with Crippen molar-refractivity contribution in [2.75, 3.05) is 6.54 Å². The number of thiazole rings is 1. The molecular weight excluding hydrogens is 196 g/mol. The van der Waals surface area contributed by atoms with Crippen LogP contribution in [0, 0.1) is 0 Å². The van der Waals surface area contributed by atoms with Gasteiger partial charge in [-0.15, -0.1) is 11.3 Å². The summed E-state index contributed by atoms with van der Waals surface area (Å²) in [6.45, 7) is 7.48. The molecule has 1 aromatic rings. The molecule has 14 heavy (non-hydrogen) atoms. The number of hydrogen-bond donors (Lipinski definition) is 2. The molecule has 4 heteroatoms. The van der Waals surface area contributed by atoms with E-state index in [1.165, 1.54) is 4.88 Å². The van der Waals surface area contributed by atoms with Crippen molar-refractivity contribution in [3.8, 4) is 0 Å². The Bertz CT molecular complexity index is 271. The average Bonchev–Trinajstić information content (AvgIpc) is 2.52. The van der Waals surface area contributed by atoms with E-state index in [-0.39, 0.29) is 6.10 Å². The molecule has 0 aromatic carbocycles. The van der Waals surface area contributed by atoms with Crippen molar-refractivity contribution in [1.29, 1.82) is 0 Å². The van der Waals surface area contributed by atoms with Gasteiger partial charge < -0.3 is 10.4 Å². The second-order valence-electron chi connectivity index (χ2n) is 3.79. The van der Waals surface area contributed by atoms with Gasteiger partial charge in [0.15, 0.2) is 0 Å². The first-order chi connectivity index (χ1) is 6.59. The van der Waals surface area contributed by atoms with E-state index in [9.17, 15) is 0 Å². The van der Waals surface area contributed by atoms with Crippen LogP contribution in [-0.2, 0) is 6.54 Å². The van der Waals surface area contributed by atoms with Gasteiger partial charge in [0.25, 0.3) is 0 Å².